The van der Waals surface area contributed by atoms with Crippen molar-refractivity contribution in [3.63, 3.8) is 0 Å². The van der Waals surface area contributed by atoms with E-state index in [-0.39, 0.29) is 37.2 Å². The molecular formula is C25H47NO11. The van der Waals surface area contributed by atoms with Gasteiger partial charge in [-0.2, -0.15) is 0 Å². The van der Waals surface area contributed by atoms with Crippen LogP contribution < -0.4 is 5.32 Å². The first-order valence-electron chi connectivity index (χ1n) is 12.8. The molecule has 0 radical (unpaired) electrons. The Morgan fingerprint density at radius 1 is 0.676 bits per heavy atom. The lowest BCUT2D eigenvalue weighted by atomic mass is 10.0. The number of hydrogen-bond donors (Lipinski definition) is 2. The molecule has 0 spiro atoms. The van der Waals surface area contributed by atoms with E-state index >= 15 is 0 Å². The van der Waals surface area contributed by atoms with Gasteiger partial charge in [0.05, 0.1) is 85.7 Å². The molecule has 0 saturated heterocycles. The first kappa shape index (κ1) is 35.2. The number of ether oxygens (including phenoxy) is 7. The van der Waals surface area contributed by atoms with E-state index in [1.807, 2.05) is 20.8 Å². The average molecular weight is 538 g/mol. The third kappa shape index (κ3) is 27.0. The zero-order valence-electron chi connectivity index (χ0n) is 22.9. The summed E-state index contributed by atoms with van der Waals surface area (Å²) < 4.78 is 37.2. The highest BCUT2D eigenvalue weighted by Gasteiger charge is 2.19. The van der Waals surface area contributed by atoms with E-state index in [4.69, 9.17) is 38.3 Å². The molecule has 0 fully saturated rings. The third-order valence-corrected chi connectivity index (χ3v) is 4.52. The highest BCUT2D eigenvalue weighted by Crippen LogP contribution is 2.12. The van der Waals surface area contributed by atoms with Gasteiger partial charge in [-0.25, -0.2) is 0 Å². The van der Waals surface area contributed by atoms with Gasteiger partial charge < -0.3 is 43.6 Å². The van der Waals surface area contributed by atoms with Gasteiger partial charge in [-0.1, -0.05) is 6.92 Å². The van der Waals surface area contributed by atoms with Gasteiger partial charge in [-0.15, -0.1) is 0 Å². The number of carboxylic acid groups (broad SMARTS) is 1. The van der Waals surface area contributed by atoms with Gasteiger partial charge in [0.25, 0.3) is 0 Å². The first-order valence-corrected chi connectivity index (χ1v) is 12.8. The maximum Gasteiger partial charge on any atom is 0.306 e. The molecule has 0 aromatic rings. The summed E-state index contributed by atoms with van der Waals surface area (Å²) in [5.74, 6) is -1.58. The highest BCUT2D eigenvalue weighted by molar-refractivity contribution is 5.79. The Kier molecular flexibility index (Phi) is 22.1. The lowest BCUT2D eigenvalue weighted by molar-refractivity contribution is -0.155. The summed E-state index contributed by atoms with van der Waals surface area (Å²) >= 11 is 0. The minimum Gasteiger partial charge on any atom is -0.481 e. The van der Waals surface area contributed by atoms with E-state index in [0.717, 1.165) is 0 Å². The summed E-state index contributed by atoms with van der Waals surface area (Å²) in [7, 11) is 0. The predicted octanol–water partition coefficient (Wildman–Crippen LogP) is 1.43. The van der Waals surface area contributed by atoms with Crippen LogP contribution in [-0.2, 0) is 47.5 Å². The van der Waals surface area contributed by atoms with Crippen LogP contribution in [0.15, 0.2) is 0 Å². The first-order chi connectivity index (χ1) is 17.6. The highest BCUT2D eigenvalue weighted by atomic mass is 16.6. The molecule has 0 bridgehead atoms. The molecule has 0 saturated carbocycles. The number of carbonyl (C=O) groups excluding carboxylic acids is 2. The summed E-state index contributed by atoms with van der Waals surface area (Å²) in [4.78, 5) is 34.1. The number of amides is 1. The fourth-order valence-electron chi connectivity index (χ4n) is 2.64. The number of hydrogen-bond acceptors (Lipinski definition) is 10. The van der Waals surface area contributed by atoms with Crippen LogP contribution in [0.1, 0.15) is 47.0 Å². The van der Waals surface area contributed by atoms with Gasteiger partial charge in [0.15, 0.2) is 0 Å². The van der Waals surface area contributed by atoms with E-state index in [1.54, 1.807) is 6.92 Å². The molecule has 0 unspecified atom stereocenters. The van der Waals surface area contributed by atoms with Crippen LogP contribution in [0, 0.1) is 5.92 Å². The fraction of sp³-hybridized carbons (Fsp3) is 0.880. The molecular weight excluding hydrogens is 490 g/mol. The minimum absolute atomic E-state index is 0.00976. The van der Waals surface area contributed by atoms with E-state index in [9.17, 15) is 14.4 Å². The number of aliphatic carboxylic acids is 1. The molecule has 0 aliphatic heterocycles. The van der Waals surface area contributed by atoms with Crippen LogP contribution >= 0.6 is 0 Å². The Balaban J connectivity index is 3.33. The topological polar surface area (TPSA) is 148 Å². The number of esters is 1. The van der Waals surface area contributed by atoms with Gasteiger partial charge >= 0.3 is 11.9 Å². The standard InChI is InChI=1S/C25H47NO11/c1-21(5-6-23(29)37-25(2,3)4)24(30)26-8-10-32-12-14-34-16-18-36-20-19-35-17-15-33-13-11-31-9-7-22(27)28/h21H,5-20H2,1-4H3,(H,26,30)(H,27,28)/t21-/m0/s1. The zero-order valence-corrected chi connectivity index (χ0v) is 22.9. The van der Waals surface area contributed by atoms with Crippen LogP contribution in [0.4, 0.5) is 0 Å². The second-order valence-corrected chi connectivity index (χ2v) is 9.14. The normalized spacial score (nSPS) is 12.3. The number of nitrogens with one attached hydrogen (secondary N) is 1. The smallest absolute Gasteiger partial charge is 0.306 e. The van der Waals surface area contributed by atoms with Crippen molar-refractivity contribution in [3.05, 3.63) is 0 Å². The zero-order chi connectivity index (χ0) is 27.8. The maximum atomic E-state index is 12.1. The second-order valence-electron chi connectivity index (χ2n) is 9.14. The molecule has 0 heterocycles. The van der Waals surface area contributed by atoms with Crippen molar-refractivity contribution in [1.82, 2.24) is 5.32 Å². The van der Waals surface area contributed by atoms with E-state index in [1.165, 1.54) is 0 Å². The summed E-state index contributed by atoms with van der Waals surface area (Å²) in [5.41, 5.74) is -0.520. The van der Waals surface area contributed by atoms with Crippen LogP contribution in [-0.4, -0.2) is 114 Å². The largest absolute Gasteiger partial charge is 0.481 e. The van der Waals surface area contributed by atoms with Gasteiger partial charge in [0.1, 0.15) is 5.60 Å². The Bertz CT molecular complexity index is 596. The molecule has 0 aromatic heterocycles. The van der Waals surface area contributed by atoms with Crippen LogP contribution in [0.5, 0.6) is 0 Å². The summed E-state index contributed by atoms with van der Waals surface area (Å²) in [6.45, 7) is 12.4. The second kappa shape index (κ2) is 23.3. The molecule has 0 aliphatic rings. The number of rotatable bonds is 25. The molecule has 1 amide bonds. The Morgan fingerprint density at radius 2 is 1.08 bits per heavy atom. The summed E-state index contributed by atoms with van der Waals surface area (Å²) in [6, 6.07) is 0. The Hall–Kier alpha value is -1.83. The van der Waals surface area contributed by atoms with Crippen LogP contribution in [0.25, 0.3) is 0 Å². The van der Waals surface area contributed by atoms with Crippen LogP contribution in [0.3, 0.4) is 0 Å². The Labute approximate surface area is 220 Å². The van der Waals surface area contributed by atoms with Crippen LogP contribution in [0.2, 0.25) is 0 Å². The monoisotopic (exact) mass is 537 g/mol. The molecule has 1 atom stereocenters. The maximum absolute atomic E-state index is 12.1. The van der Waals surface area contributed by atoms with Gasteiger partial charge in [-0.05, 0) is 27.2 Å². The Morgan fingerprint density at radius 3 is 1.49 bits per heavy atom. The predicted molar refractivity (Wildman–Crippen MR) is 134 cm³/mol. The van der Waals surface area contributed by atoms with Crippen molar-refractivity contribution >= 4 is 17.8 Å². The quantitative estimate of drug-likeness (QED) is 0.129. The number of carbonyl (C=O) groups is 3. The van der Waals surface area contributed by atoms with Crippen molar-refractivity contribution in [3.8, 4) is 0 Å². The van der Waals surface area contributed by atoms with E-state index in [0.29, 0.717) is 85.6 Å². The molecule has 2 N–H and O–H groups in total. The van der Waals surface area contributed by atoms with Gasteiger partial charge in [0, 0.05) is 18.9 Å². The van der Waals surface area contributed by atoms with Crippen molar-refractivity contribution in [2.24, 2.45) is 5.92 Å². The lowest BCUT2D eigenvalue weighted by Gasteiger charge is -2.20. The minimum atomic E-state index is -0.881. The molecule has 0 rings (SSSR count). The molecule has 12 heteroatoms. The molecule has 0 aromatic carbocycles. The third-order valence-electron chi connectivity index (χ3n) is 4.52. The van der Waals surface area contributed by atoms with E-state index in [2.05, 4.69) is 5.32 Å². The molecule has 218 valence electrons. The molecule has 12 nitrogen and oxygen atoms in total. The van der Waals surface area contributed by atoms with Gasteiger partial charge in [-0.3, -0.25) is 14.4 Å². The lowest BCUT2D eigenvalue weighted by Crippen LogP contribution is -2.32. The van der Waals surface area contributed by atoms with Crippen molar-refractivity contribution in [2.75, 3.05) is 85.8 Å². The summed E-state index contributed by atoms with van der Waals surface area (Å²) in [5, 5.41) is 11.3. The average Bonchev–Trinajstić information content (AvgIpc) is 2.82. The van der Waals surface area contributed by atoms with Gasteiger partial charge in [0.2, 0.25) is 5.91 Å². The van der Waals surface area contributed by atoms with E-state index < -0.39 is 11.6 Å². The molecule has 37 heavy (non-hydrogen) atoms. The number of carboxylic acids is 1. The fourth-order valence-corrected chi connectivity index (χ4v) is 2.64. The van der Waals surface area contributed by atoms with Crippen molar-refractivity contribution in [1.29, 1.82) is 0 Å². The van der Waals surface area contributed by atoms with Crippen molar-refractivity contribution in [2.45, 2.75) is 52.6 Å². The van der Waals surface area contributed by atoms with Crippen molar-refractivity contribution < 1.29 is 52.6 Å². The summed E-state index contributed by atoms with van der Waals surface area (Å²) in [6.07, 6.45) is 0.637. The molecule has 0 aliphatic carbocycles. The SMILES string of the molecule is C[C@@H](CCC(=O)OC(C)(C)C)C(=O)NCCOCCOCCOCCOCCOCCOCCC(=O)O.